The lowest BCUT2D eigenvalue weighted by Gasteiger charge is -2.10. The average Bonchev–Trinajstić information content (AvgIpc) is 3.15. The molecular formula is C20H23IN4S. The first-order valence-electron chi connectivity index (χ1n) is 8.41. The highest BCUT2D eigenvalue weighted by Gasteiger charge is 2.05. The standard InChI is InChI=1S/C20H22N4S.HI/c1-2-21-20(22-13-16-9-5-3-6-10-16)23-14-19-24-18(15-25-19)17-11-7-4-8-12-17;/h3-12,15H,2,13-14H2,1H3,(H2,21,22,23);1H. The van der Waals surface area contributed by atoms with E-state index in [9.17, 15) is 0 Å². The molecule has 0 atom stereocenters. The first-order chi connectivity index (χ1) is 12.3. The summed E-state index contributed by atoms with van der Waals surface area (Å²) in [7, 11) is 0. The van der Waals surface area contributed by atoms with Crippen LogP contribution in [0.25, 0.3) is 11.3 Å². The van der Waals surface area contributed by atoms with Gasteiger partial charge in [-0.2, -0.15) is 0 Å². The van der Waals surface area contributed by atoms with Crippen molar-refractivity contribution in [2.24, 2.45) is 4.99 Å². The highest BCUT2D eigenvalue weighted by Crippen LogP contribution is 2.21. The van der Waals surface area contributed by atoms with Crippen LogP contribution in [0, 0.1) is 0 Å². The predicted molar refractivity (Wildman–Crippen MR) is 121 cm³/mol. The molecule has 2 N–H and O–H groups in total. The van der Waals surface area contributed by atoms with Gasteiger partial charge in [-0.05, 0) is 12.5 Å². The Hall–Kier alpha value is -1.93. The molecule has 0 saturated carbocycles. The molecule has 0 radical (unpaired) electrons. The smallest absolute Gasteiger partial charge is 0.191 e. The van der Waals surface area contributed by atoms with Gasteiger partial charge in [0.15, 0.2) is 5.96 Å². The number of hydrogen-bond donors (Lipinski definition) is 2. The molecule has 26 heavy (non-hydrogen) atoms. The summed E-state index contributed by atoms with van der Waals surface area (Å²) < 4.78 is 0. The van der Waals surface area contributed by atoms with Gasteiger partial charge in [-0.1, -0.05) is 60.7 Å². The van der Waals surface area contributed by atoms with Crippen molar-refractivity contribution in [1.29, 1.82) is 0 Å². The van der Waals surface area contributed by atoms with Crippen LogP contribution >= 0.6 is 35.3 Å². The van der Waals surface area contributed by atoms with Crippen molar-refractivity contribution in [2.75, 3.05) is 6.54 Å². The van der Waals surface area contributed by atoms with Crippen LogP contribution in [0.15, 0.2) is 71.0 Å². The summed E-state index contributed by atoms with van der Waals surface area (Å²) >= 11 is 1.66. The van der Waals surface area contributed by atoms with Crippen LogP contribution in [0.3, 0.4) is 0 Å². The predicted octanol–water partition coefficient (Wildman–Crippen LogP) is 4.68. The molecule has 3 aromatic rings. The van der Waals surface area contributed by atoms with E-state index in [0.717, 1.165) is 28.8 Å². The van der Waals surface area contributed by atoms with Crippen molar-refractivity contribution in [3.63, 3.8) is 0 Å². The van der Waals surface area contributed by atoms with Crippen LogP contribution in [-0.2, 0) is 13.1 Å². The number of nitrogens with zero attached hydrogens (tertiary/aromatic N) is 2. The van der Waals surface area contributed by atoms with E-state index < -0.39 is 0 Å². The molecular weight excluding hydrogens is 455 g/mol. The third-order valence-electron chi connectivity index (χ3n) is 3.64. The number of hydrogen-bond acceptors (Lipinski definition) is 3. The van der Waals surface area contributed by atoms with Gasteiger partial charge in [0.2, 0.25) is 0 Å². The van der Waals surface area contributed by atoms with Gasteiger partial charge in [-0.15, -0.1) is 35.3 Å². The minimum Gasteiger partial charge on any atom is -0.357 e. The Labute approximate surface area is 175 Å². The molecule has 0 fully saturated rings. The van der Waals surface area contributed by atoms with Crippen molar-refractivity contribution >= 4 is 41.3 Å². The van der Waals surface area contributed by atoms with Gasteiger partial charge in [-0.25, -0.2) is 9.98 Å². The highest BCUT2D eigenvalue weighted by atomic mass is 127. The van der Waals surface area contributed by atoms with Crippen LogP contribution in [0.4, 0.5) is 0 Å². The molecule has 3 rings (SSSR count). The Morgan fingerprint density at radius 2 is 1.69 bits per heavy atom. The Balaban J connectivity index is 0.00000243. The molecule has 0 aliphatic rings. The lowest BCUT2D eigenvalue weighted by atomic mass is 10.2. The molecule has 0 bridgehead atoms. The zero-order chi connectivity index (χ0) is 17.3. The van der Waals surface area contributed by atoms with Crippen LogP contribution in [-0.4, -0.2) is 17.5 Å². The van der Waals surface area contributed by atoms with Crippen molar-refractivity contribution in [2.45, 2.75) is 20.0 Å². The number of nitrogens with one attached hydrogen (secondary N) is 2. The first kappa shape index (κ1) is 20.4. The van der Waals surface area contributed by atoms with E-state index in [-0.39, 0.29) is 24.0 Å². The lowest BCUT2D eigenvalue weighted by molar-refractivity contribution is 0.812. The fourth-order valence-electron chi connectivity index (χ4n) is 2.39. The molecule has 0 unspecified atom stereocenters. The number of aromatic nitrogens is 1. The lowest BCUT2D eigenvalue weighted by Crippen LogP contribution is -2.36. The van der Waals surface area contributed by atoms with Gasteiger partial charge in [0, 0.05) is 17.5 Å². The molecule has 0 spiro atoms. The molecule has 0 aliphatic carbocycles. The minimum absolute atomic E-state index is 0. The topological polar surface area (TPSA) is 49.3 Å². The number of guanidine groups is 1. The second-order valence-electron chi connectivity index (χ2n) is 5.53. The molecule has 1 aromatic heterocycles. The van der Waals surface area contributed by atoms with Crippen LogP contribution in [0.5, 0.6) is 0 Å². The maximum atomic E-state index is 4.70. The van der Waals surface area contributed by atoms with Crippen LogP contribution in [0.2, 0.25) is 0 Å². The monoisotopic (exact) mass is 478 g/mol. The second-order valence-corrected chi connectivity index (χ2v) is 6.47. The van der Waals surface area contributed by atoms with Gasteiger partial charge in [-0.3, -0.25) is 0 Å². The summed E-state index contributed by atoms with van der Waals surface area (Å²) in [5, 5.41) is 9.78. The van der Waals surface area contributed by atoms with Crippen molar-refractivity contribution in [3.8, 4) is 11.3 Å². The van der Waals surface area contributed by atoms with E-state index in [1.807, 2.05) is 36.4 Å². The zero-order valence-corrected chi connectivity index (χ0v) is 17.8. The van der Waals surface area contributed by atoms with Crippen molar-refractivity contribution in [3.05, 3.63) is 76.6 Å². The molecule has 4 nitrogen and oxygen atoms in total. The fraction of sp³-hybridized carbons (Fsp3) is 0.200. The van der Waals surface area contributed by atoms with E-state index in [1.165, 1.54) is 5.56 Å². The zero-order valence-electron chi connectivity index (χ0n) is 14.7. The van der Waals surface area contributed by atoms with E-state index >= 15 is 0 Å². The van der Waals surface area contributed by atoms with Crippen molar-refractivity contribution < 1.29 is 0 Å². The number of thiazole rings is 1. The van der Waals surface area contributed by atoms with Gasteiger partial charge in [0.1, 0.15) is 5.01 Å². The first-order valence-corrected chi connectivity index (χ1v) is 9.29. The summed E-state index contributed by atoms with van der Waals surface area (Å²) in [5.41, 5.74) is 3.36. The third-order valence-corrected chi connectivity index (χ3v) is 4.48. The van der Waals surface area contributed by atoms with Crippen LogP contribution < -0.4 is 10.6 Å². The second kappa shape index (κ2) is 10.9. The number of halogens is 1. The van der Waals surface area contributed by atoms with Gasteiger partial charge < -0.3 is 10.6 Å². The maximum absolute atomic E-state index is 4.70. The normalized spacial score (nSPS) is 10.9. The van der Waals surface area contributed by atoms with Gasteiger partial charge >= 0.3 is 0 Å². The molecule has 2 aromatic carbocycles. The third kappa shape index (κ3) is 6.10. The molecule has 6 heteroatoms. The summed E-state index contributed by atoms with van der Waals surface area (Å²) in [6.45, 7) is 4.21. The number of aliphatic imine (C=N–C) groups is 1. The van der Waals surface area contributed by atoms with Crippen LogP contribution in [0.1, 0.15) is 17.5 Å². The average molecular weight is 478 g/mol. The summed E-state index contributed by atoms with van der Waals surface area (Å²) in [6.07, 6.45) is 0. The fourth-order valence-corrected chi connectivity index (χ4v) is 3.13. The van der Waals surface area contributed by atoms with Crippen molar-refractivity contribution in [1.82, 2.24) is 15.6 Å². The van der Waals surface area contributed by atoms with E-state index in [0.29, 0.717) is 13.1 Å². The molecule has 1 heterocycles. The highest BCUT2D eigenvalue weighted by molar-refractivity contribution is 14.0. The molecule has 0 amide bonds. The Morgan fingerprint density at radius 1 is 1.00 bits per heavy atom. The van der Waals surface area contributed by atoms with E-state index in [2.05, 4.69) is 52.2 Å². The summed E-state index contributed by atoms with van der Waals surface area (Å²) in [5.74, 6) is 0.808. The number of rotatable bonds is 6. The summed E-state index contributed by atoms with van der Waals surface area (Å²) in [4.78, 5) is 9.34. The van der Waals surface area contributed by atoms with Gasteiger partial charge in [0.25, 0.3) is 0 Å². The molecule has 0 saturated heterocycles. The minimum atomic E-state index is 0. The summed E-state index contributed by atoms with van der Waals surface area (Å²) in [6, 6.07) is 20.5. The Morgan fingerprint density at radius 3 is 2.38 bits per heavy atom. The van der Waals surface area contributed by atoms with Gasteiger partial charge in [0.05, 0.1) is 18.8 Å². The molecule has 0 aliphatic heterocycles. The largest absolute Gasteiger partial charge is 0.357 e. The quantitative estimate of drug-likeness (QED) is 0.307. The number of benzene rings is 2. The van der Waals surface area contributed by atoms with E-state index in [4.69, 9.17) is 4.98 Å². The Kier molecular flexibility index (Phi) is 8.57. The molecule has 136 valence electrons. The maximum Gasteiger partial charge on any atom is 0.191 e. The Bertz CT molecular complexity index is 803. The SMILES string of the molecule is CCNC(=NCc1ccccc1)NCc1nc(-c2ccccc2)cs1.I. The van der Waals surface area contributed by atoms with E-state index in [1.54, 1.807) is 11.3 Å².